The normalized spacial score (nSPS) is 13.8. The molecule has 124 valence electrons. The SMILES string of the molecule is CCOC(=O)[C@@H](O[Si](C)(C)C(C)(C)C)Sc1ccc(C)cc1. The van der Waals surface area contributed by atoms with Crippen molar-refractivity contribution in [2.45, 2.75) is 63.1 Å². The lowest BCUT2D eigenvalue weighted by molar-refractivity contribution is -0.147. The molecule has 3 nitrogen and oxygen atoms in total. The van der Waals surface area contributed by atoms with Gasteiger partial charge in [0.2, 0.25) is 0 Å². The predicted molar refractivity (Wildman–Crippen MR) is 95.7 cm³/mol. The van der Waals surface area contributed by atoms with Gasteiger partial charge < -0.3 is 9.16 Å². The van der Waals surface area contributed by atoms with Crippen LogP contribution >= 0.6 is 11.8 Å². The summed E-state index contributed by atoms with van der Waals surface area (Å²) in [6, 6.07) is 8.11. The van der Waals surface area contributed by atoms with Crippen molar-refractivity contribution >= 4 is 26.0 Å². The highest BCUT2D eigenvalue weighted by atomic mass is 32.2. The van der Waals surface area contributed by atoms with E-state index in [1.54, 1.807) is 0 Å². The van der Waals surface area contributed by atoms with E-state index in [1.165, 1.54) is 17.3 Å². The highest BCUT2D eigenvalue weighted by Gasteiger charge is 2.41. The fourth-order valence-electron chi connectivity index (χ4n) is 1.52. The first-order valence-electron chi connectivity index (χ1n) is 7.64. The van der Waals surface area contributed by atoms with Crippen LogP contribution in [0.15, 0.2) is 29.2 Å². The second kappa shape index (κ2) is 7.66. The summed E-state index contributed by atoms with van der Waals surface area (Å²) in [7, 11) is -2.05. The molecule has 0 aliphatic rings. The third-order valence-electron chi connectivity index (χ3n) is 3.95. The highest BCUT2D eigenvalue weighted by Crippen LogP contribution is 2.39. The topological polar surface area (TPSA) is 35.5 Å². The van der Waals surface area contributed by atoms with Gasteiger partial charge in [-0.1, -0.05) is 50.2 Å². The molecule has 0 spiro atoms. The number of benzene rings is 1. The molecule has 0 radical (unpaired) electrons. The van der Waals surface area contributed by atoms with Gasteiger partial charge in [0.05, 0.1) is 6.61 Å². The van der Waals surface area contributed by atoms with Crippen molar-refractivity contribution in [3.05, 3.63) is 29.8 Å². The van der Waals surface area contributed by atoms with Gasteiger partial charge in [-0.15, -0.1) is 0 Å². The summed E-state index contributed by atoms with van der Waals surface area (Å²) >= 11 is 1.43. The van der Waals surface area contributed by atoms with Crippen LogP contribution in [-0.2, 0) is 14.0 Å². The number of ether oxygens (including phenoxy) is 1. The molecule has 0 aliphatic carbocycles. The molecule has 0 amide bonds. The van der Waals surface area contributed by atoms with Crippen LogP contribution in [0.5, 0.6) is 0 Å². The van der Waals surface area contributed by atoms with E-state index in [4.69, 9.17) is 9.16 Å². The molecular weight excluding hydrogens is 312 g/mol. The van der Waals surface area contributed by atoms with Crippen molar-refractivity contribution < 1.29 is 14.0 Å². The van der Waals surface area contributed by atoms with E-state index >= 15 is 0 Å². The number of hydrogen-bond acceptors (Lipinski definition) is 4. The number of carbonyl (C=O) groups excluding carboxylic acids is 1. The largest absolute Gasteiger partial charge is 0.463 e. The third-order valence-corrected chi connectivity index (χ3v) is 9.61. The van der Waals surface area contributed by atoms with Crippen LogP contribution in [0.1, 0.15) is 33.3 Å². The van der Waals surface area contributed by atoms with Crippen molar-refractivity contribution in [3.63, 3.8) is 0 Å². The zero-order chi connectivity index (χ0) is 17.0. The zero-order valence-corrected chi connectivity index (χ0v) is 16.5. The Morgan fingerprint density at radius 3 is 2.23 bits per heavy atom. The van der Waals surface area contributed by atoms with Gasteiger partial charge in [-0.2, -0.15) is 0 Å². The molecule has 1 rings (SSSR count). The molecule has 5 heteroatoms. The van der Waals surface area contributed by atoms with Crippen molar-refractivity contribution in [1.29, 1.82) is 0 Å². The number of esters is 1. The van der Waals surface area contributed by atoms with Gasteiger partial charge >= 0.3 is 5.97 Å². The van der Waals surface area contributed by atoms with E-state index < -0.39 is 13.8 Å². The summed E-state index contributed by atoms with van der Waals surface area (Å²) in [5.74, 6) is -0.294. The number of rotatable bonds is 6. The minimum atomic E-state index is -2.05. The fraction of sp³-hybridized carbons (Fsp3) is 0.588. The van der Waals surface area contributed by atoms with Crippen LogP contribution in [0.25, 0.3) is 0 Å². The maximum absolute atomic E-state index is 12.3. The first-order chi connectivity index (χ1) is 10.1. The number of hydrogen-bond donors (Lipinski definition) is 0. The molecule has 0 N–H and O–H groups in total. The van der Waals surface area contributed by atoms with Crippen molar-refractivity contribution in [2.75, 3.05) is 6.61 Å². The Labute approximate surface area is 139 Å². The molecule has 1 aromatic rings. The van der Waals surface area contributed by atoms with Gasteiger partial charge in [-0.05, 0) is 44.1 Å². The van der Waals surface area contributed by atoms with Gasteiger partial charge in [-0.3, -0.25) is 0 Å². The second-order valence-electron chi connectivity index (χ2n) is 6.89. The van der Waals surface area contributed by atoms with Crippen molar-refractivity contribution in [1.82, 2.24) is 0 Å². The Morgan fingerprint density at radius 2 is 1.77 bits per heavy atom. The van der Waals surface area contributed by atoms with Crippen molar-refractivity contribution in [2.24, 2.45) is 0 Å². The molecule has 0 saturated carbocycles. The minimum Gasteiger partial charge on any atom is -0.463 e. The Balaban J connectivity index is 2.93. The van der Waals surface area contributed by atoms with Crippen LogP contribution < -0.4 is 0 Å². The molecule has 0 aromatic heterocycles. The molecule has 1 atom stereocenters. The Morgan fingerprint density at radius 1 is 1.23 bits per heavy atom. The summed E-state index contributed by atoms with van der Waals surface area (Å²) in [6.07, 6.45) is 0. The molecule has 0 heterocycles. The molecule has 0 saturated heterocycles. The molecule has 0 aliphatic heterocycles. The summed E-state index contributed by atoms with van der Waals surface area (Å²) in [4.78, 5) is 13.3. The molecule has 0 unspecified atom stereocenters. The number of aryl methyl sites for hydroxylation is 1. The van der Waals surface area contributed by atoms with Crippen LogP contribution in [0, 0.1) is 6.92 Å². The minimum absolute atomic E-state index is 0.0472. The van der Waals surface area contributed by atoms with Crippen LogP contribution in [0.4, 0.5) is 0 Å². The van der Waals surface area contributed by atoms with Gasteiger partial charge in [0, 0.05) is 4.90 Å². The zero-order valence-electron chi connectivity index (χ0n) is 14.7. The Kier molecular flexibility index (Phi) is 6.71. The van der Waals surface area contributed by atoms with E-state index in [-0.39, 0.29) is 11.0 Å². The molecule has 22 heavy (non-hydrogen) atoms. The average molecular weight is 341 g/mol. The van der Waals surface area contributed by atoms with Gasteiger partial charge in [-0.25, -0.2) is 4.79 Å². The van der Waals surface area contributed by atoms with Gasteiger partial charge in [0.1, 0.15) is 0 Å². The van der Waals surface area contributed by atoms with E-state index in [0.29, 0.717) is 6.61 Å². The Bertz CT molecular complexity index is 492. The maximum atomic E-state index is 12.3. The summed E-state index contributed by atoms with van der Waals surface area (Å²) in [5.41, 5.74) is 0.589. The third kappa shape index (κ3) is 5.45. The first-order valence-corrected chi connectivity index (χ1v) is 11.4. The van der Waals surface area contributed by atoms with Gasteiger partial charge in [0.25, 0.3) is 0 Å². The number of carbonyl (C=O) groups is 1. The number of thioether (sulfide) groups is 1. The summed E-state index contributed by atoms with van der Waals surface area (Å²) < 4.78 is 11.5. The lowest BCUT2D eigenvalue weighted by atomic mass is 10.2. The quantitative estimate of drug-likeness (QED) is 0.316. The van der Waals surface area contributed by atoms with E-state index in [2.05, 4.69) is 33.9 Å². The standard InChI is InChI=1S/C17H28O3SSi/c1-8-19-15(18)16(20-22(6,7)17(3,4)5)21-14-11-9-13(2)10-12-14/h9-12,16H,8H2,1-7H3/t16-/m0/s1. The average Bonchev–Trinajstić information content (AvgIpc) is 2.39. The summed E-state index contributed by atoms with van der Waals surface area (Å²) in [6.45, 7) is 15.0. The maximum Gasteiger partial charge on any atom is 0.345 e. The molecule has 0 fully saturated rings. The smallest absolute Gasteiger partial charge is 0.345 e. The van der Waals surface area contributed by atoms with E-state index in [1.807, 2.05) is 38.1 Å². The lowest BCUT2D eigenvalue weighted by Gasteiger charge is -2.38. The first kappa shape index (κ1) is 19.3. The Hall–Kier alpha value is -0.783. The fourth-order valence-corrected chi connectivity index (χ4v) is 4.12. The van der Waals surface area contributed by atoms with Crippen molar-refractivity contribution in [3.8, 4) is 0 Å². The van der Waals surface area contributed by atoms with Crippen LogP contribution in [0.3, 0.4) is 0 Å². The molecule has 0 bridgehead atoms. The van der Waals surface area contributed by atoms with E-state index in [9.17, 15) is 4.79 Å². The lowest BCUT2D eigenvalue weighted by Crippen LogP contribution is -2.45. The van der Waals surface area contributed by atoms with Crippen LogP contribution in [-0.4, -0.2) is 26.3 Å². The monoisotopic (exact) mass is 340 g/mol. The second-order valence-corrected chi connectivity index (χ2v) is 12.8. The van der Waals surface area contributed by atoms with Gasteiger partial charge in [0.15, 0.2) is 13.8 Å². The van der Waals surface area contributed by atoms with E-state index in [0.717, 1.165) is 4.90 Å². The highest BCUT2D eigenvalue weighted by molar-refractivity contribution is 8.00. The molecular formula is C17H28O3SSi. The predicted octanol–water partition coefficient (Wildman–Crippen LogP) is 5.00. The summed E-state index contributed by atoms with van der Waals surface area (Å²) in [5, 5.41) is 0.0472. The van der Waals surface area contributed by atoms with Crippen LogP contribution in [0.2, 0.25) is 18.1 Å². The molecule has 1 aromatic carbocycles.